The molecule has 1 aromatic carbocycles. The lowest BCUT2D eigenvalue weighted by Crippen LogP contribution is -2.36. The normalized spacial score (nSPS) is 17.4. The summed E-state index contributed by atoms with van der Waals surface area (Å²) in [5.74, 6) is 0.678. The van der Waals surface area contributed by atoms with Crippen LogP contribution in [0.15, 0.2) is 18.2 Å². The maximum absolute atomic E-state index is 11.1. The van der Waals surface area contributed by atoms with Crippen molar-refractivity contribution in [1.82, 2.24) is 4.90 Å². The van der Waals surface area contributed by atoms with Crippen LogP contribution >= 0.6 is 11.6 Å². The number of benzene rings is 1. The van der Waals surface area contributed by atoms with Gasteiger partial charge in [0.05, 0.1) is 10.7 Å². The van der Waals surface area contributed by atoms with E-state index in [0.717, 1.165) is 31.6 Å². The molecule has 0 N–H and O–H groups in total. The van der Waals surface area contributed by atoms with Crippen LogP contribution in [-0.2, 0) is 0 Å². The van der Waals surface area contributed by atoms with Crippen LogP contribution in [0.2, 0.25) is 5.02 Å². The minimum absolute atomic E-state index is 0.653. The fourth-order valence-corrected chi connectivity index (χ4v) is 3.08. The van der Waals surface area contributed by atoms with E-state index in [0.29, 0.717) is 16.5 Å². The van der Waals surface area contributed by atoms with Crippen molar-refractivity contribution in [2.24, 2.45) is 5.92 Å². The predicted molar refractivity (Wildman–Crippen MR) is 80.3 cm³/mol. The number of hydrogen-bond donors (Lipinski definition) is 0. The molecular weight excluding hydrogens is 260 g/mol. The van der Waals surface area contributed by atoms with Crippen molar-refractivity contribution in [2.45, 2.75) is 12.8 Å². The fraction of sp³-hybridized carbons (Fsp3) is 0.533. The first-order chi connectivity index (χ1) is 9.11. The van der Waals surface area contributed by atoms with Crippen LogP contribution < -0.4 is 4.90 Å². The highest BCUT2D eigenvalue weighted by Gasteiger charge is 2.20. The molecule has 1 aliphatic heterocycles. The molecule has 0 amide bonds. The Morgan fingerprint density at radius 3 is 2.74 bits per heavy atom. The standard InChI is InChI=1S/C15H21ClN2O/c1-17-8-6-12(7-9-17)10-18(2)15-13(11-19)4-3-5-14(15)16/h3-5,11-12H,6-10H2,1-2H3. The van der Waals surface area contributed by atoms with Gasteiger partial charge in [-0.3, -0.25) is 4.79 Å². The van der Waals surface area contributed by atoms with Crippen molar-refractivity contribution in [2.75, 3.05) is 38.6 Å². The SMILES string of the molecule is CN1CCC(CN(C)c2c(Cl)cccc2C=O)CC1. The van der Waals surface area contributed by atoms with Gasteiger partial charge in [0.15, 0.2) is 6.29 Å². The van der Waals surface area contributed by atoms with E-state index in [1.165, 1.54) is 12.8 Å². The molecule has 1 aliphatic rings. The van der Waals surface area contributed by atoms with Gasteiger partial charge in [0.25, 0.3) is 0 Å². The van der Waals surface area contributed by atoms with Gasteiger partial charge in [0.1, 0.15) is 0 Å². The molecule has 19 heavy (non-hydrogen) atoms. The molecule has 0 aliphatic carbocycles. The highest BCUT2D eigenvalue weighted by atomic mass is 35.5. The van der Waals surface area contributed by atoms with E-state index in [-0.39, 0.29) is 0 Å². The molecule has 2 rings (SSSR count). The molecule has 1 heterocycles. The Hall–Kier alpha value is -1.06. The van der Waals surface area contributed by atoms with Crippen molar-refractivity contribution >= 4 is 23.6 Å². The molecule has 0 saturated carbocycles. The second-order valence-corrected chi connectivity index (χ2v) is 5.83. The number of piperidine rings is 1. The Labute approximate surface area is 120 Å². The molecule has 0 unspecified atom stereocenters. The number of para-hydroxylation sites is 1. The molecule has 104 valence electrons. The largest absolute Gasteiger partial charge is 0.373 e. The summed E-state index contributed by atoms with van der Waals surface area (Å²) < 4.78 is 0. The topological polar surface area (TPSA) is 23.6 Å². The summed E-state index contributed by atoms with van der Waals surface area (Å²) in [6.45, 7) is 3.27. The zero-order valence-electron chi connectivity index (χ0n) is 11.6. The minimum Gasteiger partial charge on any atom is -0.373 e. The van der Waals surface area contributed by atoms with E-state index < -0.39 is 0 Å². The third-order valence-corrected chi connectivity index (χ3v) is 4.20. The van der Waals surface area contributed by atoms with Crippen molar-refractivity contribution in [3.63, 3.8) is 0 Å². The maximum atomic E-state index is 11.1. The Balaban J connectivity index is 2.07. The van der Waals surface area contributed by atoms with Gasteiger partial charge in [-0.1, -0.05) is 17.7 Å². The van der Waals surface area contributed by atoms with E-state index in [1.54, 1.807) is 0 Å². The summed E-state index contributed by atoms with van der Waals surface area (Å²) >= 11 is 6.24. The molecule has 1 fully saturated rings. The Kier molecular flexibility index (Phi) is 4.83. The van der Waals surface area contributed by atoms with Crippen molar-refractivity contribution in [1.29, 1.82) is 0 Å². The van der Waals surface area contributed by atoms with Gasteiger partial charge >= 0.3 is 0 Å². The summed E-state index contributed by atoms with van der Waals surface area (Å²) in [6.07, 6.45) is 3.30. The van der Waals surface area contributed by atoms with Crippen LogP contribution in [0.3, 0.4) is 0 Å². The lowest BCUT2D eigenvalue weighted by atomic mass is 9.96. The Morgan fingerprint density at radius 1 is 1.42 bits per heavy atom. The van der Waals surface area contributed by atoms with E-state index in [4.69, 9.17) is 11.6 Å². The third kappa shape index (κ3) is 3.48. The van der Waals surface area contributed by atoms with E-state index in [2.05, 4.69) is 16.8 Å². The second kappa shape index (κ2) is 6.40. The van der Waals surface area contributed by atoms with E-state index in [1.807, 2.05) is 25.2 Å². The number of halogens is 1. The number of nitrogens with zero attached hydrogens (tertiary/aromatic N) is 2. The van der Waals surface area contributed by atoms with Gasteiger partial charge in [0, 0.05) is 19.2 Å². The van der Waals surface area contributed by atoms with Crippen LogP contribution in [0.4, 0.5) is 5.69 Å². The van der Waals surface area contributed by atoms with Crippen LogP contribution in [0.1, 0.15) is 23.2 Å². The third-order valence-electron chi connectivity index (χ3n) is 3.90. The van der Waals surface area contributed by atoms with Crippen LogP contribution in [0.25, 0.3) is 0 Å². The summed E-state index contributed by atoms with van der Waals surface area (Å²) in [7, 11) is 4.19. The van der Waals surface area contributed by atoms with Gasteiger partial charge in [0.2, 0.25) is 0 Å². The minimum atomic E-state index is 0.653. The molecule has 0 atom stereocenters. The van der Waals surface area contributed by atoms with Gasteiger partial charge in [-0.25, -0.2) is 0 Å². The summed E-state index contributed by atoms with van der Waals surface area (Å²) in [5, 5.41) is 0.653. The van der Waals surface area contributed by atoms with Gasteiger partial charge in [-0.2, -0.15) is 0 Å². The lowest BCUT2D eigenvalue weighted by Gasteiger charge is -2.33. The fourth-order valence-electron chi connectivity index (χ4n) is 2.75. The summed E-state index contributed by atoms with van der Waals surface area (Å²) in [6, 6.07) is 5.48. The number of carbonyl (C=O) groups excluding carboxylic acids is 1. The zero-order chi connectivity index (χ0) is 13.8. The number of carbonyl (C=O) groups is 1. The monoisotopic (exact) mass is 280 g/mol. The Morgan fingerprint density at radius 2 is 2.11 bits per heavy atom. The average Bonchev–Trinajstić information content (AvgIpc) is 2.40. The van der Waals surface area contributed by atoms with E-state index in [9.17, 15) is 4.79 Å². The molecule has 0 radical (unpaired) electrons. The van der Waals surface area contributed by atoms with Crippen LogP contribution in [0, 0.1) is 5.92 Å². The lowest BCUT2D eigenvalue weighted by molar-refractivity contribution is 0.112. The first kappa shape index (κ1) is 14.4. The van der Waals surface area contributed by atoms with E-state index >= 15 is 0 Å². The molecule has 0 spiro atoms. The first-order valence-electron chi connectivity index (χ1n) is 6.75. The van der Waals surface area contributed by atoms with Gasteiger partial charge < -0.3 is 9.80 Å². The Bertz CT molecular complexity index is 442. The van der Waals surface area contributed by atoms with Gasteiger partial charge in [-0.05, 0) is 51.0 Å². The molecule has 1 saturated heterocycles. The molecular formula is C15H21ClN2O. The molecule has 1 aromatic rings. The maximum Gasteiger partial charge on any atom is 0.152 e. The van der Waals surface area contributed by atoms with Crippen molar-refractivity contribution < 1.29 is 4.79 Å². The molecule has 0 aromatic heterocycles. The summed E-state index contributed by atoms with van der Waals surface area (Å²) in [5.41, 5.74) is 1.53. The number of likely N-dealkylation sites (tertiary alicyclic amines) is 1. The average molecular weight is 281 g/mol. The first-order valence-corrected chi connectivity index (χ1v) is 7.13. The molecule has 4 heteroatoms. The van der Waals surface area contributed by atoms with Gasteiger partial charge in [-0.15, -0.1) is 0 Å². The number of anilines is 1. The molecule has 0 bridgehead atoms. The quantitative estimate of drug-likeness (QED) is 0.793. The highest BCUT2D eigenvalue weighted by molar-refractivity contribution is 6.33. The van der Waals surface area contributed by atoms with Crippen molar-refractivity contribution in [3.8, 4) is 0 Å². The van der Waals surface area contributed by atoms with Crippen LogP contribution in [-0.4, -0.2) is 44.9 Å². The number of aldehydes is 1. The zero-order valence-corrected chi connectivity index (χ0v) is 12.4. The molecule has 3 nitrogen and oxygen atoms in total. The van der Waals surface area contributed by atoms with Crippen molar-refractivity contribution in [3.05, 3.63) is 28.8 Å². The predicted octanol–water partition coefficient (Wildman–Crippen LogP) is 2.93. The van der Waals surface area contributed by atoms with Crippen LogP contribution in [0.5, 0.6) is 0 Å². The highest BCUT2D eigenvalue weighted by Crippen LogP contribution is 2.29. The number of hydrogen-bond acceptors (Lipinski definition) is 3. The number of rotatable bonds is 4. The smallest absolute Gasteiger partial charge is 0.152 e. The second-order valence-electron chi connectivity index (χ2n) is 5.42. The summed E-state index contributed by atoms with van der Waals surface area (Å²) in [4.78, 5) is 15.6.